The first kappa shape index (κ1) is 18.5. The molecule has 3 aliphatic heterocycles. The summed E-state index contributed by atoms with van der Waals surface area (Å²) < 4.78 is 11.6. The molecule has 7 nitrogen and oxygen atoms in total. The van der Waals surface area contributed by atoms with E-state index in [1.807, 2.05) is 36.1 Å². The van der Waals surface area contributed by atoms with Gasteiger partial charge in [0.05, 0.1) is 13.2 Å². The van der Waals surface area contributed by atoms with Gasteiger partial charge in [0, 0.05) is 43.7 Å². The van der Waals surface area contributed by atoms with Crippen LogP contribution in [0.5, 0.6) is 0 Å². The first-order valence-corrected chi connectivity index (χ1v) is 10.3. The van der Waals surface area contributed by atoms with E-state index in [4.69, 9.17) is 9.47 Å². The number of anilines is 2. The summed E-state index contributed by atoms with van der Waals surface area (Å²) in [6.45, 7) is 6.83. The number of benzene rings is 1. The number of para-hydroxylation sites is 1. The van der Waals surface area contributed by atoms with Crippen molar-refractivity contribution < 1.29 is 14.3 Å². The number of fused-ring (bicyclic) bond motifs is 1. The molecule has 0 aliphatic carbocycles. The number of nitrogens with zero attached hydrogens (tertiary/aromatic N) is 4. The number of rotatable bonds is 2. The Morgan fingerprint density at radius 1 is 1.14 bits per heavy atom. The van der Waals surface area contributed by atoms with Crippen molar-refractivity contribution >= 4 is 17.4 Å². The molecule has 0 N–H and O–H groups in total. The minimum Gasteiger partial charge on any atom is -0.356 e. The number of carbonyl (C=O) groups excluding carboxylic acids is 1. The van der Waals surface area contributed by atoms with Crippen LogP contribution in [-0.4, -0.2) is 54.0 Å². The van der Waals surface area contributed by atoms with Crippen molar-refractivity contribution in [2.24, 2.45) is 0 Å². The van der Waals surface area contributed by atoms with Gasteiger partial charge in [-0.25, -0.2) is 9.97 Å². The van der Waals surface area contributed by atoms with Crippen LogP contribution in [0.15, 0.2) is 30.3 Å². The van der Waals surface area contributed by atoms with Crippen molar-refractivity contribution in [3.05, 3.63) is 47.4 Å². The van der Waals surface area contributed by atoms with Crippen molar-refractivity contribution in [3.8, 4) is 0 Å². The molecule has 5 rings (SSSR count). The number of piperidine rings is 1. The molecule has 2 saturated heterocycles. The standard InChI is InChI=1S/C22H26N4O3/c1-15-13-17-5-3-4-6-19(17)26(15)21(27)18-14-20(24-16(2)23-18)25-9-7-22(8-10-25)28-11-12-29-22/h3-6,14-15H,7-13H2,1-2H3. The van der Waals surface area contributed by atoms with Gasteiger partial charge in [0.2, 0.25) is 0 Å². The van der Waals surface area contributed by atoms with Gasteiger partial charge in [0.1, 0.15) is 17.3 Å². The maximum absolute atomic E-state index is 13.4. The average Bonchev–Trinajstić information content (AvgIpc) is 3.31. The van der Waals surface area contributed by atoms with E-state index in [2.05, 4.69) is 27.9 Å². The van der Waals surface area contributed by atoms with E-state index in [1.165, 1.54) is 5.56 Å². The zero-order chi connectivity index (χ0) is 20.0. The number of ether oxygens (including phenoxy) is 2. The maximum atomic E-state index is 13.4. The van der Waals surface area contributed by atoms with Gasteiger partial charge in [-0.05, 0) is 31.9 Å². The summed E-state index contributed by atoms with van der Waals surface area (Å²) in [5.74, 6) is 0.921. The fraction of sp³-hybridized carbons (Fsp3) is 0.500. The van der Waals surface area contributed by atoms with Crippen LogP contribution < -0.4 is 9.80 Å². The highest BCUT2D eigenvalue weighted by Crippen LogP contribution is 2.35. The Balaban J connectivity index is 1.39. The molecule has 0 radical (unpaired) electrons. The molecule has 1 amide bonds. The molecule has 152 valence electrons. The SMILES string of the molecule is Cc1nc(C(=O)N2c3ccccc3CC2C)cc(N2CCC3(CC2)OCCO3)n1. The highest BCUT2D eigenvalue weighted by Gasteiger charge is 2.40. The number of aryl methyl sites for hydroxylation is 1. The van der Waals surface area contributed by atoms with Crippen LogP contribution in [0.1, 0.15) is 41.6 Å². The molecule has 1 aromatic carbocycles. The summed E-state index contributed by atoms with van der Waals surface area (Å²) in [5, 5.41) is 0. The number of amides is 1. The normalized spacial score (nSPS) is 22.9. The number of carbonyl (C=O) groups is 1. The summed E-state index contributed by atoms with van der Waals surface area (Å²) in [4.78, 5) is 26.5. The molecule has 1 aromatic heterocycles. The highest BCUT2D eigenvalue weighted by atomic mass is 16.7. The first-order valence-electron chi connectivity index (χ1n) is 10.3. The fourth-order valence-corrected chi connectivity index (χ4v) is 4.68. The topological polar surface area (TPSA) is 67.8 Å². The molecule has 2 fully saturated rings. The van der Waals surface area contributed by atoms with Crippen LogP contribution in [0.25, 0.3) is 0 Å². The molecular weight excluding hydrogens is 368 g/mol. The summed E-state index contributed by atoms with van der Waals surface area (Å²) in [5.41, 5.74) is 2.64. The Bertz CT molecular complexity index is 931. The lowest BCUT2D eigenvalue weighted by molar-refractivity contribution is -0.169. The molecule has 2 aromatic rings. The maximum Gasteiger partial charge on any atom is 0.277 e. The fourth-order valence-electron chi connectivity index (χ4n) is 4.68. The van der Waals surface area contributed by atoms with Crippen LogP contribution in [-0.2, 0) is 15.9 Å². The van der Waals surface area contributed by atoms with Gasteiger partial charge >= 0.3 is 0 Å². The Kier molecular flexibility index (Phi) is 4.52. The second kappa shape index (κ2) is 7.07. The van der Waals surface area contributed by atoms with E-state index in [9.17, 15) is 4.79 Å². The largest absolute Gasteiger partial charge is 0.356 e. The number of hydrogen-bond donors (Lipinski definition) is 0. The van der Waals surface area contributed by atoms with Gasteiger partial charge in [-0.2, -0.15) is 0 Å². The lowest BCUT2D eigenvalue weighted by Gasteiger charge is -2.38. The van der Waals surface area contributed by atoms with Gasteiger partial charge < -0.3 is 19.3 Å². The van der Waals surface area contributed by atoms with Gasteiger partial charge in [0.25, 0.3) is 5.91 Å². The van der Waals surface area contributed by atoms with Crippen molar-refractivity contribution in [3.63, 3.8) is 0 Å². The van der Waals surface area contributed by atoms with E-state index >= 15 is 0 Å². The molecule has 7 heteroatoms. The zero-order valence-corrected chi connectivity index (χ0v) is 16.9. The first-order chi connectivity index (χ1) is 14.0. The second-order valence-corrected chi connectivity index (χ2v) is 8.11. The Morgan fingerprint density at radius 3 is 2.62 bits per heavy atom. The predicted octanol–water partition coefficient (Wildman–Crippen LogP) is 2.72. The Labute approximate surface area is 170 Å². The Morgan fingerprint density at radius 2 is 1.86 bits per heavy atom. The summed E-state index contributed by atoms with van der Waals surface area (Å²) in [6.07, 6.45) is 2.47. The van der Waals surface area contributed by atoms with Crippen molar-refractivity contribution in [2.75, 3.05) is 36.1 Å². The van der Waals surface area contributed by atoms with Gasteiger partial charge in [0.15, 0.2) is 5.79 Å². The summed E-state index contributed by atoms with van der Waals surface area (Å²) in [7, 11) is 0. The van der Waals surface area contributed by atoms with E-state index < -0.39 is 5.79 Å². The van der Waals surface area contributed by atoms with E-state index in [0.717, 1.165) is 43.9 Å². The lowest BCUT2D eigenvalue weighted by atomic mass is 10.0. The molecule has 4 heterocycles. The van der Waals surface area contributed by atoms with Crippen LogP contribution >= 0.6 is 0 Å². The van der Waals surface area contributed by atoms with Crippen LogP contribution in [0.2, 0.25) is 0 Å². The van der Waals surface area contributed by atoms with Gasteiger partial charge in [-0.1, -0.05) is 18.2 Å². The zero-order valence-electron chi connectivity index (χ0n) is 16.9. The van der Waals surface area contributed by atoms with Crippen LogP contribution in [0, 0.1) is 6.92 Å². The van der Waals surface area contributed by atoms with Crippen molar-refractivity contribution in [1.29, 1.82) is 0 Å². The molecule has 1 atom stereocenters. The molecule has 29 heavy (non-hydrogen) atoms. The van der Waals surface area contributed by atoms with Gasteiger partial charge in [-0.3, -0.25) is 4.79 Å². The minimum atomic E-state index is -0.425. The number of aromatic nitrogens is 2. The molecule has 1 unspecified atom stereocenters. The molecule has 1 spiro atoms. The lowest BCUT2D eigenvalue weighted by Crippen LogP contribution is -2.45. The highest BCUT2D eigenvalue weighted by molar-refractivity contribution is 6.06. The number of hydrogen-bond acceptors (Lipinski definition) is 6. The van der Waals surface area contributed by atoms with E-state index in [1.54, 1.807) is 0 Å². The molecule has 3 aliphatic rings. The summed E-state index contributed by atoms with van der Waals surface area (Å²) >= 11 is 0. The monoisotopic (exact) mass is 394 g/mol. The molecular formula is C22H26N4O3. The van der Waals surface area contributed by atoms with Crippen LogP contribution in [0.3, 0.4) is 0 Å². The molecule has 0 bridgehead atoms. The van der Waals surface area contributed by atoms with Crippen LogP contribution in [0.4, 0.5) is 11.5 Å². The predicted molar refractivity (Wildman–Crippen MR) is 109 cm³/mol. The summed E-state index contributed by atoms with van der Waals surface area (Å²) in [6, 6.07) is 10.0. The van der Waals surface area contributed by atoms with Crippen molar-refractivity contribution in [2.45, 2.75) is 44.9 Å². The third kappa shape index (κ3) is 3.28. The van der Waals surface area contributed by atoms with E-state index in [-0.39, 0.29) is 11.9 Å². The quantitative estimate of drug-likeness (QED) is 0.780. The third-order valence-electron chi connectivity index (χ3n) is 6.13. The average molecular weight is 394 g/mol. The van der Waals surface area contributed by atoms with E-state index in [0.29, 0.717) is 24.7 Å². The third-order valence-corrected chi connectivity index (χ3v) is 6.13. The second-order valence-electron chi connectivity index (χ2n) is 8.11. The Hall–Kier alpha value is -2.51. The van der Waals surface area contributed by atoms with Crippen molar-refractivity contribution in [1.82, 2.24) is 9.97 Å². The van der Waals surface area contributed by atoms with Gasteiger partial charge in [-0.15, -0.1) is 0 Å². The molecule has 0 saturated carbocycles. The smallest absolute Gasteiger partial charge is 0.277 e. The minimum absolute atomic E-state index is 0.0647.